The van der Waals surface area contributed by atoms with E-state index in [0.29, 0.717) is 26.9 Å². The predicted octanol–water partition coefficient (Wildman–Crippen LogP) is 5.29. The lowest BCUT2D eigenvalue weighted by atomic mass is 9.85. The maximum absolute atomic E-state index is 13.3. The molecule has 1 aromatic carbocycles. The maximum Gasteiger partial charge on any atom is 0.223 e. The van der Waals surface area contributed by atoms with Gasteiger partial charge in [-0.2, -0.15) is 5.10 Å². The minimum atomic E-state index is -0.322. The summed E-state index contributed by atoms with van der Waals surface area (Å²) >= 11 is 12.5. The normalized spacial score (nSPS) is 18.3. The zero-order valence-corrected chi connectivity index (χ0v) is 19.1. The fourth-order valence-corrected chi connectivity index (χ4v) is 4.13. The van der Waals surface area contributed by atoms with Crippen molar-refractivity contribution < 1.29 is 14.3 Å². The molecule has 1 heterocycles. The smallest absolute Gasteiger partial charge is 0.223 e. The average Bonchev–Trinajstić information content (AvgIpc) is 2.96. The van der Waals surface area contributed by atoms with Gasteiger partial charge >= 0.3 is 0 Å². The first-order chi connectivity index (χ1) is 14.1. The lowest BCUT2D eigenvalue weighted by Gasteiger charge is -2.21. The van der Waals surface area contributed by atoms with E-state index in [0.717, 1.165) is 5.57 Å². The minimum Gasteiger partial charge on any atom is -0.469 e. The Morgan fingerprint density at radius 1 is 1.20 bits per heavy atom. The number of allylic oxidation sites excluding steroid dienone is 4. The van der Waals surface area contributed by atoms with Gasteiger partial charge in [0.1, 0.15) is 12.2 Å². The van der Waals surface area contributed by atoms with Gasteiger partial charge in [0.2, 0.25) is 11.7 Å². The molecule has 0 bridgehead atoms. The van der Waals surface area contributed by atoms with Crippen LogP contribution in [0.1, 0.15) is 41.0 Å². The van der Waals surface area contributed by atoms with Crippen LogP contribution in [0.2, 0.25) is 10.0 Å². The number of Topliss-reactive ketones (excluding diaryl/α,β-unsaturated/α-hetero) is 1. The van der Waals surface area contributed by atoms with Gasteiger partial charge in [0.05, 0.1) is 10.7 Å². The largest absolute Gasteiger partial charge is 0.469 e. The molecule has 158 valence electrons. The number of rotatable bonds is 6. The number of nitrogens with zero attached hydrogens (tertiary/aromatic N) is 2. The molecule has 2 unspecified atom stereocenters. The topological polar surface area (TPSA) is 61.2 Å². The standard InChI is InChI=1S/C23H24Cl2N2O3/c1-12-6-7-16(13(2)10-12)19(28)11-30-23-20(15(4)26-27(23)5)22(29)17-8-9-18(24)14(3)21(17)25/h6-10,13,16H,11H2,1-5H3. The van der Waals surface area contributed by atoms with Gasteiger partial charge in [0, 0.05) is 23.6 Å². The summed E-state index contributed by atoms with van der Waals surface area (Å²) in [4.78, 5) is 26.0. The molecule has 1 aliphatic carbocycles. The Balaban J connectivity index is 1.86. The first kappa shape index (κ1) is 22.3. The van der Waals surface area contributed by atoms with Crippen molar-refractivity contribution >= 4 is 34.8 Å². The third kappa shape index (κ3) is 4.23. The molecule has 1 aliphatic rings. The number of benzene rings is 1. The summed E-state index contributed by atoms with van der Waals surface area (Å²) in [5.41, 5.74) is 2.87. The number of hydrogen-bond donors (Lipinski definition) is 0. The van der Waals surface area contributed by atoms with Crippen LogP contribution in [0.3, 0.4) is 0 Å². The monoisotopic (exact) mass is 446 g/mol. The van der Waals surface area contributed by atoms with Crippen molar-refractivity contribution in [2.75, 3.05) is 6.61 Å². The molecule has 0 radical (unpaired) electrons. The van der Waals surface area contributed by atoms with Gasteiger partial charge in [-0.05, 0) is 44.4 Å². The molecule has 0 spiro atoms. The third-order valence-corrected chi connectivity index (χ3v) is 6.24. The summed E-state index contributed by atoms with van der Waals surface area (Å²) in [7, 11) is 1.67. The van der Waals surface area contributed by atoms with Crippen molar-refractivity contribution in [2.24, 2.45) is 18.9 Å². The number of carbonyl (C=O) groups is 2. The van der Waals surface area contributed by atoms with Crippen LogP contribution in [0.25, 0.3) is 0 Å². The molecule has 5 nitrogen and oxygen atoms in total. The van der Waals surface area contributed by atoms with Gasteiger partial charge in [-0.1, -0.05) is 53.9 Å². The minimum absolute atomic E-state index is 0.0554. The van der Waals surface area contributed by atoms with Gasteiger partial charge in [0.15, 0.2) is 5.78 Å². The van der Waals surface area contributed by atoms with E-state index in [1.165, 1.54) is 4.68 Å². The van der Waals surface area contributed by atoms with Crippen LogP contribution in [-0.2, 0) is 11.8 Å². The fourth-order valence-electron chi connectivity index (χ4n) is 3.68. The molecule has 1 aromatic heterocycles. The summed E-state index contributed by atoms with van der Waals surface area (Å²) in [6.45, 7) is 7.33. The van der Waals surface area contributed by atoms with Crippen LogP contribution in [-0.4, -0.2) is 28.0 Å². The number of hydrogen-bond acceptors (Lipinski definition) is 4. The molecule has 0 N–H and O–H groups in total. The molecule has 30 heavy (non-hydrogen) atoms. The average molecular weight is 447 g/mol. The molecule has 0 fully saturated rings. The number of carbonyl (C=O) groups excluding carboxylic acids is 2. The molecule has 2 aromatic rings. The molecule has 3 rings (SSSR count). The second-order valence-electron chi connectivity index (χ2n) is 7.66. The second-order valence-corrected chi connectivity index (χ2v) is 8.45. The Morgan fingerprint density at radius 2 is 1.90 bits per heavy atom. The van der Waals surface area contributed by atoms with Crippen molar-refractivity contribution in [3.63, 3.8) is 0 Å². The highest BCUT2D eigenvalue weighted by atomic mass is 35.5. The lowest BCUT2D eigenvalue weighted by molar-refractivity contribution is -0.124. The second kappa shape index (κ2) is 8.78. The predicted molar refractivity (Wildman–Crippen MR) is 119 cm³/mol. The Morgan fingerprint density at radius 3 is 2.57 bits per heavy atom. The van der Waals surface area contributed by atoms with Crippen LogP contribution >= 0.6 is 23.2 Å². The van der Waals surface area contributed by atoms with E-state index in [9.17, 15) is 9.59 Å². The molecular formula is C23H24Cl2N2O3. The zero-order chi connectivity index (χ0) is 22.2. The van der Waals surface area contributed by atoms with Crippen molar-refractivity contribution in [1.29, 1.82) is 0 Å². The maximum atomic E-state index is 13.3. The summed E-state index contributed by atoms with van der Waals surface area (Å²) < 4.78 is 7.29. The quantitative estimate of drug-likeness (QED) is 0.565. The van der Waals surface area contributed by atoms with Crippen molar-refractivity contribution in [1.82, 2.24) is 9.78 Å². The van der Waals surface area contributed by atoms with E-state index >= 15 is 0 Å². The highest BCUT2D eigenvalue weighted by molar-refractivity contribution is 6.38. The third-order valence-electron chi connectivity index (χ3n) is 5.34. The summed E-state index contributed by atoms with van der Waals surface area (Å²) in [6, 6.07) is 3.22. The lowest BCUT2D eigenvalue weighted by Crippen LogP contribution is -2.26. The van der Waals surface area contributed by atoms with E-state index in [-0.39, 0.29) is 41.5 Å². The summed E-state index contributed by atoms with van der Waals surface area (Å²) in [5, 5.41) is 5.09. The molecule has 7 heteroatoms. The number of aromatic nitrogens is 2. The van der Waals surface area contributed by atoms with Gasteiger partial charge in [0.25, 0.3) is 0 Å². The summed E-state index contributed by atoms with van der Waals surface area (Å²) in [6.07, 6.45) is 5.91. The summed E-state index contributed by atoms with van der Waals surface area (Å²) in [5.74, 6) is -0.294. The van der Waals surface area contributed by atoms with Crippen LogP contribution in [0, 0.1) is 25.7 Å². The Bertz CT molecular complexity index is 1080. The van der Waals surface area contributed by atoms with E-state index in [4.69, 9.17) is 27.9 Å². The first-order valence-corrected chi connectivity index (χ1v) is 10.4. The van der Waals surface area contributed by atoms with E-state index in [1.807, 2.05) is 26.0 Å². The molecule has 0 amide bonds. The molecule has 0 saturated heterocycles. The highest BCUT2D eigenvalue weighted by Gasteiger charge is 2.28. The molecular weight excluding hydrogens is 423 g/mol. The Hall–Kier alpha value is -2.37. The van der Waals surface area contributed by atoms with Crippen molar-refractivity contribution in [2.45, 2.75) is 27.7 Å². The van der Waals surface area contributed by atoms with Crippen LogP contribution < -0.4 is 4.74 Å². The van der Waals surface area contributed by atoms with E-state index in [1.54, 1.807) is 33.0 Å². The van der Waals surface area contributed by atoms with Gasteiger partial charge < -0.3 is 4.74 Å². The van der Waals surface area contributed by atoms with Gasteiger partial charge in [-0.15, -0.1) is 0 Å². The van der Waals surface area contributed by atoms with Crippen LogP contribution in [0.15, 0.2) is 35.9 Å². The SMILES string of the molecule is CC1=CC(C)C(C(=O)COc2c(C(=O)c3ccc(Cl)c(C)c3Cl)c(C)nn2C)C=C1. The van der Waals surface area contributed by atoms with Gasteiger partial charge in [-0.3, -0.25) is 9.59 Å². The fraction of sp³-hybridized carbons (Fsp3) is 0.348. The van der Waals surface area contributed by atoms with Crippen LogP contribution in [0.5, 0.6) is 5.88 Å². The number of ketones is 2. The van der Waals surface area contributed by atoms with E-state index < -0.39 is 0 Å². The number of ether oxygens (including phenoxy) is 1. The highest BCUT2D eigenvalue weighted by Crippen LogP contribution is 2.32. The van der Waals surface area contributed by atoms with Gasteiger partial charge in [-0.25, -0.2) is 4.68 Å². The Kier molecular flexibility index (Phi) is 6.53. The molecule has 0 saturated carbocycles. The van der Waals surface area contributed by atoms with Crippen molar-refractivity contribution in [3.05, 3.63) is 68.4 Å². The number of aryl methyl sites for hydroxylation is 2. The van der Waals surface area contributed by atoms with Crippen molar-refractivity contribution in [3.8, 4) is 5.88 Å². The Labute approximate surface area is 186 Å². The first-order valence-electron chi connectivity index (χ1n) is 9.66. The molecule has 2 atom stereocenters. The van der Waals surface area contributed by atoms with E-state index in [2.05, 4.69) is 11.2 Å². The molecule has 0 aliphatic heterocycles. The number of halogens is 2. The van der Waals surface area contributed by atoms with Crippen LogP contribution in [0.4, 0.5) is 0 Å². The zero-order valence-electron chi connectivity index (χ0n) is 17.6.